The van der Waals surface area contributed by atoms with Crippen LogP contribution in [0.15, 0.2) is 0 Å². The molecule has 0 aromatic heterocycles. The molecule has 2 rings (SSSR count). The van der Waals surface area contributed by atoms with Gasteiger partial charge in [0.15, 0.2) is 0 Å². The Labute approximate surface area is 128 Å². The number of likely N-dealkylation sites (tertiary alicyclic amines) is 1. The number of amides is 1. The highest BCUT2D eigenvalue weighted by Crippen LogP contribution is 2.17. The van der Waals surface area contributed by atoms with Gasteiger partial charge in [0.1, 0.15) is 5.60 Å². The van der Waals surface area contributed by atoms with Crippen molar-refractivity contribution in [3.05, 3.63) is 0 Å². The van der Waals surface area contributed by atoms with Gasteiger partial charge in [0, 0.05) is 38.4 Å². The maximum absolute atomic E-state index is 12.1. The summed E-state index contributed by atoms with van der Waals surface area (Å²) in [7, 11) is 0. The molecular weight excluding hydrogens is 268 g/mol. The molecule has 0 aromatic carbocycles. The van der Waals surface area contributed by atoms with Crippen LogP contribution in [-0.2, 0) is 9.47 Å². The van der Waals surface area contributed by atoms with E-state index >= 15 is 0 Å². The maximum atomic E-state index is 12.1. The lowest BCUT2D eigenvalue weighted by Gasteiger charge is -2.28. The molecule has 0 aliphatic carbocycles. The van der Waals surface area contributed by atoms with E-state index in [2.05, 4.69) is 5.32 Å². The topological polar surface area (TPSA) is 50.8 Å². The zero-order chi connectivity index (χ0) is 15.3. The zero-order valence-corrected chi connectivity index (χ0v) is 13.7. The molecule has 0 spiro atoms. The van der Waals surface area contributed by atoms with Crippen LogP contribution in [0, 0.1) is 0 Å². The van der Waals surface area contributed by atoms with Crippen LogP contribution in [0.25, 0.3) is 0 Å². The second-order valence-corrected chi connectivity index (χ2v) is 7.15. The second kappa shape index (κ2) is 7.45. The van der Waals surface area contributed by atoms with Gasteiger partial charge in [0.05, 0.1) is 0 Å². The summed E-state index contributed by atoms with van der Waals surface area (Å²) in [5.41, 5.74) is -0.414. The second-order valence-electron chi connectivity index (χ2n) is 7.15. The number of hydrogen-bond donors (Lipinski definition) is 1. The summed E-state index contributed by atoms with van der Waals surface area (Å²) in [6, 6.07) is 1.09. The fourth-order valence-corrected chi connectivity index (χ4v) is 2.97. The Morgan fingerprint density at radius 1 is 1.10 bits per heavy atom. The van der Waals surface area contributed by atoms with Gasteiger partial charge >= 0.3 is 6.09 Å². The van der Waals surface area contributed by atoms with Gasteiger partial charge in [-0.25, -0.2) is 4.79 Å². The van der Waals surface area contributed by atoms with Crippen LogP contribution in [0.2, 0.25) is 0 Å². The minimum atomic E-state index is -0.414. The first kappa shape index (κ1) is 16.6. The van der Waals surface area contributed by atoms with Gasteiger partial charge in [0.25, 0.3) is 0 Å². The van der Waals surface area contributed by atoms with Crippen molar-refractivity contribution >= 4 is 6.09 Å². The monoisotopic (exact) mass is 298 g/mol. The third-order valence-corrected chi connectivity index (χ3v) is 4.07. The van der Waals surface area contributed by atoms with E-state index in [1.54, 1.807) is 0 Å². The van der Waals surface area contributed by atoms with Crippen molar-refractivity contribution in [2.75, 3.05) is 26.3 Å². The normalized spacial score (nSPS) is 25.5. The summed E-state index contributed by atoms with van der Waals surface area (Å²) in [4.78, 5) is 14.0. The van der Waals surface area contributed by atoms with Gasteiger partial charge in [0.2, 0.25) is 0 Å². The molecule has 0 aromatic rings. The predicted octanol–water partition coefficient (Wildman–Crippen LogP) is 2.54. The molecule has 2 aliphatic rings. The van der Waals surface area contributed by atoms with E-state index in [0.29, 0.717) is 12.1 Å². The number of hydrogen-bond acceptors (Lipinski definition) is 4. The minimum absolute atomic E-state index is 0.172. The highest BCUT2D eigenvalue weighted by atomic mass is 16.6. The van der Waals surface area contributed by atoms with Crippen molar-refractivity contribution in [2.24, 2.45) is 0 Å². The van der Waals surface area contributed by atoms with E-state index in [0.717, 1.165) is 58.4 Å². The molecular formula is C16H30N2O3. The standard InChI is InChI=1S/C16H30N2O3/c1-16(2,3)21-15(19)18-9-4-5-13(6-10-18)17-14-7-11-20-12-8-14/h13-14,17H,4-12H2,1-3H3. The van der Waals surface area contributed by atoms with Crippen LogP contribution in [-0.4, -0.2) is 55.0 Å². The fraction of sp³-hybridized carbons (Fsp3) is 0.938. The van der Waals surface area contributed by atoms with Crippen LogP contribution >= 0.6 is 0 Å². The van der Waals surface area contributed by atoms with Crippen LogP contribution in [0.4, 0.5) is 4.79 Å². The molecule has 0 bridgehead atoms. The van der Waals surface area contributed by atoms with Crippen LogP contribution in [0.1, 0.15) is 52.9 Å². The molecule has 5 nitrogen and oxygen atoms in total. The summed E-state index contributed by atoms with van der Waals surface area (Å²) in [5, 5.41) is 3.75. The van der Waals surface area contributed by atoms with E-state index < -0.39 is 5.60 Å². The average Bonchev–Trinajstić information content (AvgIpc) is 2.64. The number of carbonyl (C=O) groups is 1. The van der Waals surface area contributed by atoms with E-state index in [4.69, 9.17) is 9.47 Å². The summed E-state index contributed by atoms with van der Waals surface area (Å²) in [6.07, 6.45) is 5.22. The summed E-state index contributed by atoms with van der Waals surface area (Å²) in [6.45, 7) is 9.08. The summed E-state index contributed by atoms with van der Waals surface area (Å²) < 4.78 is 10.9. The molecule has 1 unspecified atom stereocenters. The maximum Gasteiger partial charge on any atom is 0.410 e. The predicted molar refractivity (Wildman–Crippen MR) is 82.4 cm³/mol. The van der Waals surface area contributed by atoms with Crippen molar-refractivity contribution in [3.8, 4) is 0 Å². The van der Waals surface area contributed by atoms with Crippen LogP contribution < -0.4 is 5.32 Å². The van der Waals surface area contributed by atoms with Gasteiger partial charge in [-0.2, -0.15) is 0 Å². The number of carbonyl (C=O) groups excluding carboxylic acids is 1. The first-order chi connectivity index (χ1) is 9.94. The lowest BCUT2D eigenvalue weighted by Crippen LogP contribution is -2.42. The smallest absolute Gasteiger partial charge is 0.410 e. The van der Waals surface area contributed by atoms with Gasteiger partial charge in [-0.1, -0.05) is 0 Å². The van der Waals surface area contributed by atoms with E-state index in [1.165, 1.54) is 0 Å². The molecule has 2 saturated heterocycles. The Morgan fingerprint density at radius 2 is 1.76 bits per heavy atom. The van der Waals surface area contributed by atoms with Crippen LogP contribution in [0.3, 0.4) is 0 Å². The summed E-state index contributed by atoms with van der Waals surface area (Å²) in [5.74, 6) is 0. The summed E-state index contributed by atoms with van der Waals surface area (Å²) >= 11 is 0. The lowest BCUT2D eigenvalue weighted by atomic mass is 10.0. The Morgan fingerprint density at radius 3 is 2.43 bits per heavy atom. The van der Waals surface area contributed by atoms with Gasteiger partial charge in [-0.15, -0.1) is 0 Å². The number of ether oxygens (including phenoxy) is 2. The van der Waals surface area contributed by atoms with Gasteiger partial charge in [-0.3, -0.25) is 0 Å². The van der Waals surface area contributed by atoms with E-state index in [1.807, 2.05) is 25.7 Å². The molecule has 5 heteroatoms. The zero-order valence-electron chi connectivity index (χ0n) is 13.7. The van der Waals surface area contributed by atoms with E-state index in [9.17, 15) is 4.79 Å². The lowest BCUT2D eigenvalue weighted by molar-refractivity contribution is 0.0255. The molecule has 2 heterocycles. The molecule has 0 saturated carbocycles. The average molecular weight is 298 g/mol. The third kappa shape index (κ3) is 5.83. The molecule has 1 atom stereocenters. The third-order valence-electron chi connectivity index (χ3n) is 4.07. The minimum Gasteiger partial charge on any atom is -0.444 e. The fourth-order valence-electron chi connectivity index (χ4n) is 2.97. The molecule has 21 heavy (non-hydrogen) atoms. The van der Waals surface area contributed by atoms with Crippen molar-refractivity contribution < 1.29 is 14.3 Å². The molecule has 2 aliphatic heterocycles. The molecule has 1 N–H and O–H groups in total. The Bertz CT molecular complexity index is 335. The first-order valence-electron chi connectivity index (χ1n) is 8.26. The molecule has 122 valence electrons. The van der Waals surface area contributed by atoms with Crippen molar-refractivity contribution in [3.63, 3.8) is 0 Å². The quantitative estimate of drug-likeness (QED) is 0.851. The number of rotatable bonds is 2. The molecule has 1 amide bonds. The largest absolute Gasteiger partial charge is 0.444 e. The van der Waals surface area contributed by atoms with Crippen molar-refractivity contribution in [1.82, 2.24) is 10.2 Å². The Balaban J connectivity index is 1.77. The molecule has 2 fully saturated rings. The molecule has 0 radical (unpaired) electrons. The number of nitrogens with one attached hydrogen (secondary N) is 1. The first-order valence-corrected chi connectivity index (χ1v) is 8.26. The highest BCUT2D eigenvalue weighted by Gasteiger charge is 2.26. The van der Waals surface area contributed by atoms with E-state index in [-0.39, 0.29) is 6.09 Å². The van der Waals surface area contributed by atoms with Gasteiger partial charge < -0.3 is 19.7 Å². The van der Waals surface area contributed by atoms with Crippen molar-refractivity contribution in [2.45, 2.75) is 70.6 Å². The highest BCUT2D eigenvalue weighted by molar-refractivity contribution is 5.68. The Hall–Kier alpha value is -0.810. The van der Waals surface area contributed by atoms with Gasteiger partial charge in [-0.05, 0) is 52.9 Å². The Kier molecular flexibility index (Phi) is 5.88. The number of nitrogens with zero attached hydrogens (tertiary/aromatic N) is 1. The van der Waals surface area contributed by atoms with Crippen LogP contribution in [0.5, 0.6) is 0 Å². The van der Waals surface area contributed by atoms with Crippen molar-refractivity contribution in [1.29, 1.82) is 0 Å². The SMILES string of the molecule is CC(C)(C)OC(=O)N1CCCC(NC2CCOCC2)CC1.